The van der Waals surface area contributed by atoms with Gasteiger partial charge < -0.3 is 10.0 Å². The Morgan fingerprint density at radius 2 is 2.07 bits per heavy atom. The molecule has 1 heterocycles. The number of aliphatic hydroxyl groups excluding tert-OH is 1. The maximum atomic E-state index is 11.8. The second-order valence-electron chi connectivity index (χ2n) is 4.35. The number of nitrogens with zero attached hydrogens (tertiary/aromatic N) is 2. The molecule has 1 aliphatic rings. The molecule has 0 aromatic heterocycles. The van der Waals surface area contributed by atoms with Crippen LogP contribution in [0.3, 0.4) is 0 Å². The number of hydrogen-bond donors (Lipinski definition) is 1. The number of likely N-dealkylation sites (N-methyl/N-ethyl adjacent to an activating group) is 1. The third-order valence-corrected chi connectivity index (χ3v) is 2.95. The van der Waals surface area contributed by atoms with E-state index in [9.17, 15) is 4.79 Å². The van der Waals surface area contributed by atoms with E-state index >= 15 is 0 Å². The molecule has 4 nitrogen and oxygen atoms in total. The minimum absolute atomic E-state index is 0.168. The van der Waals surface area contributed by atoms with E-state index in [0.29, 0.717) is 0 Å². The van der Waals surface area contributed by atoms with Crippen molar-refractivity contribution in [2.75, 3.05) is 33.3 Å². The minimum atomic E-state index is -0.415. The Morgan fingerprint density at radius 3 is 2.64 bits per heavy atom. The zero-order valence-electron chi connectivity index (χ0n) is 9.29. The van der Waals surface area contributed by atoms with Crippen molar-refractivity contribution in [3.8, 4) is 0 Å². The van der Waals surface area contributed by atoms with Gasteiger partial charge in [-0.1, -0.05) is 0 Å². The van der Waals surface area contributed by atoms with Crippen LogP contribution < -0.4 is 0 Å². The van der Waals surface area contributed by atoms with Crippen LogP contribution in [0.25, 0.3) is 0 Å². The first kappa shape index (κ1) is 11.5. The van der Waals surface area contributed by atoms with Gasteiger partial charge in [-0.25, -0.2) is 0 Å². The molecule has 14 heavy (non-hydrogen) atoms. The number of aliphatic hydroxyl groups is 1. The predicted octanol–water partition coefficient (Wildman–Crippen LogP) is -0.0786. The highest BCUT2D eigenvalue weighted by molar-refractivity contribution is 5.86. The Kier molecular flexibility index (Phi) is 3.50. The van der Waals surface area contributed by atoms with E-state index in [1.54, 1.807) is 4.90 Å². The van der Waals surface area contributed by atoms with E-state index in [4.69, 9.17) is 5.11 Å². The second kappa shape index (κ2) is 4.28. The molecule has 82 valence electrons. The maximum absolute atomic E-state index is 11.8. The van der Waals surface area contributed by atoms with Crippen LogP contribution in [0.4, 0.5) is 0 Å². The summed E-state index contributed by atoms with van der Waals surface area (Å²) in [5.41, 5.74) is -0.415. The van der Waals surface area contributed by atoms with E-state index in [0.717, 1.165) is 26.1 Å². The van der Waals surface area contributed by atoms with Gasteiger partial charge in [-0.3, -0.25) is 9.69 Å². The monoisotopic (exact) mass is 200 g/mol. The molecular weight excluding hydrogens is 180 g/mol. The summed E-state index contributed by atoms with van der Waals surface area (Å²) in [5.74, 6) is 0.168. The van der Waals surface area contributed by atoms with Gasteiger partial charge in [0.2, 0.25) is 5.91 Å². The Morgan fingerprint density at radius 1 is 1.43 bits per heavy atom. The number of hydrogen-bond acceptors (Lipinski definition) is 3. The van der Waals surface area contributed by atoms with Crippen LogP contribution in [0.15, 0.2) is 0 Å². The topological polar surface area (TPSA) is 43.8 Å². The summed E-state index contributed by atoms with van der Waals surface area (Å²) in [5, 5.41) is 8.76. The van der Waals surface area contributed by atoms with Crippen LogP contribution in [0, 0.1) is 0 Å². The first-order valence-corrected chi connectivity index (χ1v) is 5.11. The Labute approximate surface area is 85.5 Å². The lowest BCUT2D eigenvalue weighted by Gasteiger charge is -2.44. The fourth-order valence-electron chi connectivity index (χ4n) is 1.91. The van der Waals surface area contributed by atoms with Crippen LogP contribution >= 0.6 is 0 Å². The lowest BCUT2D eigenvalue weighted by Crippen LogP contribution is -2.62. The number of carbonyl (C=O) groups excluding carboxylic acids is 1. The van der Waals surface area contributed by atoms with Crippen molar-refractivity contribution in [2.24, 2.45) is 0 Å². The van der Waals surface area contributed by atoms with Gasteiger partial charge in [0.1, 0.15) is 0 Å². The highest BCUT2D eigenvalue weighted by atomic mass is 16.3. The molecule has 0 saturated carbocycles. The number of piperazine rings is 1. The van der Waals surface area contributed by atoms with Crippen LogP contribution in [-0.4, -0.2) is 59.6 Å². The summed E-state index contributed by atoms with van der Waals surface area (Å²) in [6.07, 6.45) is 0.737. The first-order chi connectivity index (χ1) is 6.50. The summed E-state index contributed by atoms with van der Waals surface area (Å²) >= 11 is 0. The Hall–Kier alpha value is -0.610. The molecule has 0 bridgehead atoms. The minimum Gasteiger partial charge on any atom is -0.396 e. The molecule has 0 radical (unpaired) electrons. The van der Waals surface area contributed by atoms with Gasteiger partial charge >= 0.3 is 0 Å². The zero-order chi connectivity index (χ0) is 10.8. The van der Waals surface area contributed by atoms with Gasteiger partial charge in [0.15, 0.2) is 0 Å². The smallest absolute Gasteiger partial charge is 0.242 e. The van der Waals surface area contributed by atoms with Crippen molar-refractivity contribution < 1.29 is 9.90 Å². The van der Waals surface area contributed by atoms with Gasteiger partial charge in [0.05, 0.1) is 5.54 Å². The quantitative estimate of drug-likeness (QED) is 0.693. The SMILES string of the molecule is CN1CCN(CCCO)C(C)(C)C1=O. The van der Waals surface area contributed by atoms with Crippen molar-refractivity contribution in [1.82, 2.24) is 9.80 Å². The van der Waals surface area contributed by atoms with Crippen molar-refractivity contribution in [2.45, 2.75) is 25.8 Å². The lowest BCUT2D eigenvalue weighted by molar-refractivity contribution is -0.147. The van der Waals surface area contributed by atoms with Gasteiger partial charge in [-0.2, -0.15) is 0 Å². The number of carbonyl (C=O) groups is 1. The molecule has 1 fully saturated rings. The Bertz CT molecular complexity index is 214. The standard InChI is InChI=1S/C10H20N2O2/c1-10(2)9(14)11(3)6-7-12(10)5-4-8-13/h13H,4-8H2,1-3H3. The molecule has 0 aromatic carbocycles. The van der Waals surface area contributed by atoms with Crippen LogP contribution in [0.5, 0.6) is 0 Å². The largest absolute Gasteiger partial charge is 0.396 e. The molecule has 1 aliphatic heterocycles. The molecule has 0 aromatic rings. The predicted molar refractivity (Wildman–Crippen MR) is 55.0 cm³/mol. The van der Waals surface area contributed by atoms with E-state index in [1.165, 1.54) is 0 Å². The van der Waals surface area contributed by atoms with Gasteiger partial charge in [0.25, 0.3) is 0 Å². The van der Waals surface area contributed by atoms with Gasteiger partial charge in [-0.15, -0.1) is 0 Å². The van der Waals surface area contributed by atoms with E-state index in [-0.39, 0.29) is 12.5 Å². The van der Waals surface area contributed by atoms with Crippen LogP contribution in [0.2, 0.25) is 0 Å². The molecular formula is C10H20N2O2. The highest BCUT2D eigenvalue weighted by Gasteiger charge is 2.39. The fourth-order valence-corrected chi connectivity index (χ4v) is 1.91. The highest BCUT2D eigenvalue weighted by Crippen LogP contribution is 2.21. The van der Waals surface area contributed by atoms with Crippen LogP contribution in [-0.2, 0) is 4.79 Å². The number of amides is 1. The van der Waals surface area contributed by atoms with Crippen molar-refractivity contribution in [3.05, 3.63) is 0 Å². The molecule has 1 amide bonds. The average molecular weight is 200 g/mol. The van der Waals surface area contributed by atoms with Gasteiger partial charge in [-0.05, 0) is 20.3 Å². The molecule has 0 spiro atoms. The lowest BCUT2D eigenvalue weighted by atomic mass is 9.97. The maximum Gasteiger partial charge on any atom is 0.242 e. The van der Waals surface area contributed by atoms with E-state index in [1.807, 2.05) is 20.9 Å². The molecule has 0 unspecified atom stereocenters. The summed E-state index contributed by atoms with van der Waals surface area (Å²) < 4.78 is 0. The van der Waals surface area contributed by atoms with Crippen molar-refractivity contribution >= 4 is 5.91 Å². The molecule has 0 atom stereocenters. The number of rotatable bonds is 3. The third kappa shape index (κ3) is 2.07. The normalized spacial score (nSPS) is 22.9. The van der Waals surface area contributed by atoms with Gasteiger partial charge in [0, 0.05) is 33.3 Å². The Balaban J connectivity index is 2.64. The van der Waals surface area contributed by atoms with E-state index < -0.39 is 5.54 Å². The first-order valence-electron chi connectivity index (χ1n) is 5.11. The fraction of sp³-hybridized carbons (Fsp3) is 0.900. The molecule has 1 N–H and O–H groups in total. The molecule has 1 saturated heterocycles. The summed E-state index contributed by atoms with van der Waals surface area (Å²) in [7, 11) is 1.84. The summed E-state index contributed by atoms with van der Waals surface area (Å²) in [4.78, 5) is 15.8. The summed E-state index contributed by atoms with van der Waals surface area (Å²) in [6, 6.07) is 0. The zero-order valence-corrected chi connectivity index (χ0v) is 9.29. The van der Waals surface area contributed by atoms with Crippen LogP contribution in [0.1, 0.15) is 20.3 Å². The molecule has 1 rings (SSSR count). The van der Waals surface area contributed by atoms with E-state index in [2.05, 4.69) is 4.90 Å². The van der Waals surface area contributed by atoms with Crippen molar-refractivity contribution in [3.63, 3.8) is 0 Å². The van der Waals surface area contributed by atoms with Crippen molar-refractivity contribution in [1.29, 1.82) is 0 Å². The third-order valence-electron chi connectivity index (χ3n) is 2.95. The molecule has 0 aliphatic carbocycles. The average Bonchev–Trinajstić information content (AvgIpc) is 2.14. The molecule has 4 heteroatoms. The summed E-state index contributed by atoms with van der Waals surface area (Å²) in [6.45, 7) is 6.56. The second-order valence-corrected chi connectivity index (χ2v) is 4.35.